The average molecular weight is 282 g/mol. The molecule has 0 aromatic heterocycles. The zero-order valence-corrected chi connectivity index (χ0v) is 10.7. The van der Waals surface area contributed by atoms with Gasteiger partial charge < -0.3 is 5.32 Å². The van der Waals surface area contributed by atoms with E-state index in [1.807, 2.05) is 0 Å². The lowest BCUT2D eigenvalue weighted by atomic mass is 10.1. The first kappa shape index (κ1) is 13.5. The van der Waals surface area contributed by atoms with E-state index >= 15 is 0 Å². The van der Waals surface area contributed by atoms with E-state index in [0.29, 0.717) is 0 Å². The number of carbonyl (C=O) groups excluding carboxylic acids is 1. The van der Waals surface area contributed by atoms with Crippen molar-refractivity contribution in [1.29, 1.82) is 5.26 Å². The molecule has 5 nitrogen and oxygen atoms in total. The minimum absolute atomic E-state index is 0.0145. The molecule has 1 unspecified atom stereocenters. The number of hydrogen-bond donors (Lipinski definition) is 1. The lowest BCUT2D eigenvalue weighted by Crippen LogP contribution is -2.24. The Kier molecular flexibility index (Phi) is 3.53. The van der Waals surface area contributed by atoms with Crippen molar-refractivity contribution in [1.82, 2.24) is 0 Å². The number of hydrogen-bond acceptors (Lipinski definition) is 4. The minimum atomic E-state index is -3.16. The van der Waals surface area contributed by atoms with Crippen molar-refractivity contribution in [3.8, 4) is 6.07 Å². The van der Waals surface area contributed by atoms with Crippen LogP contribution >= 0.6 is 0 Å². The van der Waals surface area contributed by atoms with Crippen molar-refractivity contribution in [2.24, 2.45) is 5.92 Å². The fraction of sp³-hybridized carbons (Fsp3) is 0.333. The van der Waals surface area contributed by atoms with Gasteiger partial charge in [0.2, 0.25) is 5.91 Å². The summed E-state index contributed by atoms with van der Waals surface area (Å²) in [6.07, 6.45) is 0.255. The van der Waals surface area contributed by atoms with Gasteiger partial charge in [0.05, 0.1) is 23.1 Å². The fourth-order valence-corrected chi connectivity index (χ4v) is 3.72. The fourth-order valence-electron chi connectivity index (χ4n) is 1.98. The molecule has 0 radical (unpaired) electrons. The first-order chi connectivity index (χ1) is 8.93. The third kappa shape index (κ3) is 2.90. The highest BCUT2D eigenvalue weighted by Gasteiger charge is 2.33. The molecule has 1 aliphatic rings. The highest BCUT2D eigenvalue weighted by molar-refractivity contribution is 7.91. The Bertz CT molecular complexity index is 664. The van der Waals surface area contributed by atoms with Gasteiger partial charge in [0.25, 0.3) is 0 Å². The van der Waals surface area contributed by atoms with Crippen molar-refractivity contribution < 1.29 is 17.6 Å². The van der Waals surface area contributed by atoms with E-state index in [4.69, 9.17) is 5.26 Å². The lowest BCUT2D eigenvalue weighted by Gasteiger charge is -2.10. The lowest BCUT2D eigenvalue weighted by molar-refractivity contribution is -0.119. The summed E-state index contributed by atoms with van der Waals surface area (Å²) in [6, 6.07) is 5.57. The molecule has 19 heavy (non-hydrogen) atoms. The molecule has 1 aromatic carbocycles. The predicted octanol–water partition coefficient (Wildman–Crippen LogP) is 1.07. The molecule has 2 rings (SSSR count). The molecule has 1 aliphatic heterocycles. The highest BCUT2D eigenvalue weighted by atomic mass is 32.2. The van der Waals surface area contributed by atoms with E-state index in [1.54, 1.807) is 6.07 Å². The van der Waals surface area contributed by atoms with Crippen molar-refractivity contribution >= 4 is 21.4 Å². The molecule has 0 saturated carbocycles. The zero-order valence-electron chi connectivity index (χ0n) is 9.89. The normalized spacial score (nSPS) is 20.7. The number of carbonyl (C=O) groups is 1. The molecule has 1 fully saturated rings. The van der Waals surface area contributed by atoms with Crippen LogP contribution in [0.2, 0.25) is 0 Å². The molecule has 100 valence electrons. The molecule has 1 amide bonds. The summed E-state index contributed by atoms with van der Waals surface area (Å²) >= 11 is 0. The van der Waals surface area contributed by atoms with Crippen molar-refractivity contribution in [2.45, 2.75) is 6.42 Å². The Morgan fingerprint density at radius 1 is 1.47 bits per heavy atom. The number of halogens is 1. The van der Waals surface area contributed by atoms with Crippen LogP contribution < -0.4 is 5.32 Å². The second kappa shape index (κ2) is 4.97. The van der Waals surface area contributed by atoms with E-state index in [9.17, 15) is 17.6 Å². The summed E-state index contributed by atoms with van der Waals surface area (Å²) in [4.78, 5) is 11.9. The molecular formula is C12H11FN2O3S. The van der Waals surface area contributed by atoms with Crippen molar-refractivity contribution in [3.63, 3.8) is 0 Å². The van der Waals surface area contributed by atoms with Crippen LogP contribution in [-0.4, -0.2) is 25.8 Å². The van der Waals surface area contributed by atoms with Crippen LogP contribution in [0.25, 0.3) is 0 Å². The first-order valence-electron chi connectivity index (χ1n) is 5.63. The van der Waals surface area contributed by atoms with Crippen LogP contribution in [0.1, 0.15) is 12.0 Å². The topological polar surface area (TPSA) is 87.0 Å². The third-order valence-electron chi connectivity index (χ3n) is 2.99. The molecule has 1 atom stereocenters. The number of nitrogens with zero attached hydrogens (tertiary/aromatic N) is 1. The second-order valence-electron chi connectivity index (χ2n) is 4.36. The Labute approximate surface area is 110 Å². The summed E-state index contributed by atoms with van der Waals surface area (Å²) in [5, 5.41) is 11.2. The van der Waals surface area contributed by atoms with E-state index < -0.39 is 27.5 Å². The summed E-state index contributed by atoms with van der Waals surface area (Å²) in [5.74, 6) is -2.07. The number of nitrogens with one attached hydrogen (secondary N) is 1. The maximum Gasteiger partial charge on any atom is 0.228 e. The molecular weight excluding hydrogens is 271 g/mol. The summed E-state index contributed by atoms with van der Waals surface area (Å²) < 4.78 is 35.9. The molecule has 1 aromatic rings. The smallest absolute Gasteiger partial charge is 0.228 e. The van der Waals surface area contributed by atoms with Gasteiger partial charge in [0.15, 0.2) is 9.84 Å². The van der Waals surface area contributed by atoms with Crippen LogP contribution in [0.3, 0.4) is 0 Å². The van der Waals surface area contributed by atoms with Gasteiger partial charge in [-0.15, -0.1) is 0 Å². The van der Waals surface area contributed by atoms with Gasteiger partial charge in [0.1, 0.15) is 17.4 Å². The van der Waals surface area contributed by atoms with Crippen LogP contribution in [0.5, 0.6) is 0 Å². The van der Waals surface area contributed by atoms with Gasteiger partial charge in [-0.3, -0.25) is 4.79 Å². The van der Waals surface area contributed by atoms with E-state index in [1.165, 1.54) is 12.1 Å². The second-order valence-corrected chi connectivity index (χ2v) is 6.59. The van der Waals surface area contributed by atoms with Crippen molar-refractivity contribution in [2.75, 3.05) is 16.8 Å². The van der Waals surface area contributed by atoms with Crippen molar-refractivity contribution in [3.05, 3.63) is 29.6 Å². The highest BCUT2D eigenvalue weighted by Crippen LogP contribution is 2.22. The average Bonchev–Trinajstić information content (AvgIpc) is 2.70. The summed E-state index contributed by atoms with van der Waals surface area (Å²) in [5.41, 5.74) is -0.187. The number of amides is 1. The molecule has 1 saturated heterocycles. The largest absolute Gasteiger partial charge is 0.325 e. The van der Waals surface area contributed by atoms with Gasteiger partial charge in [-0.2, -0.15) is 5.26 Å². The monoisotopic (exact) mass is 282 g/mol. The summed E-state index contributed by atoms with van der Waals surface area (Å²) in [6.45, 7) is 0. The van der Waals surface area contributed by atoms with Crippen LogP contribution in [0.4, 0.5) is 10.1 Å². The molecule has 7 heteroatoms. The quantitative estimate of drug-likeness (QED) is 0.879. The Hall–Kier alpha value is -1.94. The minimum Gasteiger partial charge on any atom is -0.325 e. The van der Waals surface area contributed by atoms with E-state index in [0.717, 1.165) is 6.07 Å². The number of benzene rings is 1. The SMILES string of the molecule is N#Cc1c(F)cccc1NC(=O)C1CCS(=O)(=O)C1. The summed E-state index contributed by atoms with van der Waals surface area (Å²) in [7, 11) is -3.16. The molecule has 1 N–H and O–H groups in total. The first-order valence-corrected chi connectivity index (χ1v) is 7.45. The van der Waals surface area contributed by atoms with E-state index in [-0.39, 0.29) is 29.2 Å². The number of nitriles is 1. The Morgan fingerprint density at radius 3 is 2.79 bits per heavy atom. The number of rotatable bonds is 2. The molecule has 1 heterocycles. The van der Waals surface area contributed by atoms with Crippen LogP contribution in [-0.2, 0) is 14.6 Å². The molecule has 0 aliphatic carbocycles. The predicted molar refractivity (Wildman–Crippen MR) is 66.5 cm³/mol. The van der Waals surface area contributed by atoms with Gasteiger partial charge in [-0.05, 0) is 18.6 Å². The van der Waals surface area contributed by atoms with Gasteiger partial charge in [0, 0.05) is 0 Å². The van der Waals surface area contributed by atoms with Crippen LogP contribution in [0, 0.1) is 23.1 Å². The molecule has 0 bridgehead atoms. The van der Waals surface area contributed by atoms with Gasteiger partial charge in [-0.1, -0.05) is 6.07 Å². The standard InChI is InChI=1S/C12H11FN2O3S/c13-10-2-1-3-11(9(10)6-14)15-12(16)8-4-5-19(17,18)7-8/h1-3,8H,4-5,7H2,(H,15,16). The molecule has 0 spiro atoms. The maximum absolute atomic E-state index is 13.3. The maximum atomic E-state index is 13.3. The van der Waals surface area contributed by atoms with Crippen LogP contribution in [0.15, 0.2) is 18.2 Å². The third-order valence-corrected chi connectivity index (χ3v) is 4.75. The zero-order chi connectivity index (χ0) is 14.0. The Balaban J connectivity index is 2.17. The number of anilines is 1. The van der Waals surface area contributed by atoms with Gasteiger partial charge in [-0.25, -0.2) is 12.8 Å². The Morgan fingerprint density at radius 2 is 2.21 bits per heavy atom. The van der Waals surface area contributed by atoms with Gasteiger partial charge >= 0.3 is 0 Å². The van der Waals surface area contributed by atoms with E-state index in [2.05, 4.69) is 5.32 Å². The number of sulfone groups is 1.